The summed E-state index contributed by atoms with van der Waals surface area (Å²) in [6, 6.07) is 14.4. The highest BCUT2D eigenvalue weighted by Crippen LogP contribution is 2.43. The Morgan fingerprint density at radius 3 is 2.55 bits per heavy atom. The van der Waals surface area contributed by atoms with Crippen LogP contribution in [0.1, 0.15) is 31.7 Å². The molecule has 1 N–H and O–H groups in total. The van der Waals surface area contributed by atoms with Crippen LogP contribution in [0.4, 0.5) is 0 Å². The Kier molecular flexibility index (Phi) is 5.94. The van der Waals surface area contributed by atoms with Crippen LogP contribution in [0, 0.1) is 0 Å². The number of nitrogens with zero attached hydrogens (tertiary/aromatic N) is 4. The number of carbonyl (C=O) groups excluding carboxylic acids is 1. The molecule has 2 heterocycles. The Labute approximate surface area is 175 Å². The van der Waals surface area contributed by atoms with E-state index < -0.39 is 0 Å². The highest BCUT2D eigenvalue weighted by atomic mass is 32.2. The quantitative estimate of drug-likeness (QED) is 0.577. The number of amides is 1. The predicted molar refractivity (Wildman–Crippen MR) is 115 cm³/mol. The second-order valence-corrected chi connectivity index (χ2v) is 8.29. The lowest BCUT2D eigenvalue weighted by Crippen LogP contribution is -2.46. The zero-order valence-corrected chi connectivity index (χ0v) is 17.4. The average molecular weight is 408 g/mol. The average Bonchev–Trinajstić information content (AvgIpc) is 3.16. The summed E-state index contributed by atoms with van der Waals surface area (Å²) < 4.78 is 2.03. The van der Waals surface area contributed by atoms with Gasteiger partial charge in [0, 0.05) is 36.5 Å². The van der Waals surface area contributed by atoms with Gasteiger partial charge in [-0.25, -0.2) is 0 Å². The second kappa shape index (κ2) is 8.78. The summed E-state index contributed by atoms with van der Waals surface area (Å²) in [5, 5.41) is 12.5. The van der Waals surface area contributed by atoms with Crippen LogP contribution in [0.5, 0.6) is 0 Å². The normalized spacial score (nSPS) is 14.9. The van der Waals surface area contributed by atoms with Crippen molar-refractivity contribution in [1.82, 2.24) is 25.1 Å². The molecule has 0 unspecified atom stereocenters. The molecule has 0 spiro atoms. The largest absolute Gasteiger partial charge is 0.354 e. The van der Waals surface area contributed by atoms with E-state index in [0.717, 1.165) is 35.9 Å². The third kappa shape index (κ3) is 4.19. The molecule has 1 aliphatic rings. The van der Waals surface area contributed by atoms with E-state index in [9.17, 15) is 4.79 Å². The van der Waals surface area contributed by atoms with E-state index in [4.69, 9.17) is 0 Å². The van der Waals surface area contributed by atoms with Crippen molar-refractivity contribution in [3.63, 3.8) is 0 Å². The van der Waals surface area contributed by atoms with Crippen molar-refractivity contribution >= 4 is 17.7 Å². The van der Waals surface area contributed by atoms with Crippen molar-refractivity contribution in [2.24, 2.45) is 0 Å². The highest BCUT2D eigenvalue weighted by Gasteiger charge is 2.38. The van der Waals surface area contributed by atoms with Crippen LogP contribution in [0.15, 0.2) is 60.0 Å². The molecule has 0 radical (unpaired) electrons. The first-order chi connectivity index (χ1) is 14.2. The summed E-state index contributed by atoms with van der Waals surface area (Å²) in [4.78, 5) is 16.6. The Balaban J connectivity index is 1.36. The molecule has 29 heavy (non-hydrogen) atoms. The predicted octanol–water partition coefficient (Wildman–Crippen LogP) is 3.69. The molecule has 4 rings (SSSR count). The first kappa shape index (κ1) is 19.6. The Bertz CT molecular complexity index is 954. The number of aromatic nitrogens is 4. The van der Waals surface area contributed by atoms with Gasteiger partial charge in [-0.1, -0.05) is 48.5 Å². The van der Waals surface area contributed by atoms with E-state index in [1.165, 1.54) is 23.7 Å². The first-order valence-electron chi connectivity index (χ1n) is 10.0. The van der Waals surface area contributed by atoms with Gasteiger partial charge in [0.25, 0.3) is 0 Å². The first-order valence-corrected chi connectivity index (χ1v) is 11.0. The lowest BCUT2D eigenvalue weighted by atomic mass is 9.64. The van der Waals surface area contributed by atoms with Gasteiger partial charge in [-0.2, -0.15) is 0 Å². The summed E-state index contributed by atoms with van der Waals surface area (Å²) in [5.74, 6) is 1.17. The number of carbonyl (C=O) groups is 1. The Hall–Kier alpha value is -2.67. The highest BCUT2D eigenvalue weighted by molar-refractivity contribution is 7.99. The summed E-state index contributed by atoms with van der Waals surface area (Å²) in [6.07, 6.45) is 6.96. The van der Waals surface area contributed by atoms with Crippen molar-refractivity contribution in [2.45, 2.75) is 43.3 Å². The number of benzene rings is 1. The SMILES string of the molecule is CCn1c(SCC(=O)NCC2(c3ccccc3)CCC2)nnc1-c1ccncc1. The molecule has 7 heteroatoms. The van der Waals surface area contributed by atoms with Gasteiger partial charge >= 0.3 is 0 Å². The number of hydrogen-bond donors (Lipinski definition) is 1. The minimum Gasteiger partial charge on any atom is -0.354 e. The van der Waals surface area contributed by atoms with Crippen molar-refractivity contribution in [3.8, 4) is 11.4 Å². The molecule has 1 amide bonds. The van der Waals surface area contributed by atoms with Crippen LogP contribution in [0.25, 0.3) is 11.4 Å². The zero-order chi connectivity index (χ0) is 20.1. The fraction of sp³-hybridized carbons (Fsp3) is 0.364. The number of thioether (sulfide) groups is 1. The number of pyridine rings is 1. The van der Waals surface area contributed by atoms with Crippen LogP contribution in [0.2, 0.25) is 0 Å². The summed E-state index contributed by atoms with van der Waals surface area (Å²) in [7, 11) is 0. The van der Waals surface area contributed by atoms with Crippen LogP contribution >= 0.6 is 11.8 Å². The van der Waals surface area contributed by atoms with Gasteiger partial charge in [0.1, 0.15) is 0 Å². The van der Waals surface area contributed by atoms with E-state index >= 15 is 0 Å². The molecule has 6 nitrogen and oxygen atoms in total. The molecule has 0 aliphatic heterocycles. The molecule has 0 bridgehead atoms. The third-order valence-corrected chi connectivity index (χ3v) is 6.59. The van der Waals surface area contributed by atoms with Gasteiger partial charge in [-0.05, 0) is 37.5 Å². The molecule has 1 fully saturated rings. The molecular formula is C22H25N5OS. The standard InChI is InChI=1S/C22H25N5OS/c1-2-27-20(17-9-13-23-14-10-17)25-26-21(27)29-15-19(28)24-16-22(11-6-12-22)18-7-4-3-5-8-18/h3-5,7-10,13-14H,2,6,11-12,15-16H2,1H3,(H,24,28). The van der Waals surface area contributed by atoms with Gasteiger partial charge in [-0.15, -0.1) is 10.2 Å². The van der Waals surface area contributed by atoms with Gasteiger partial charge in [0.15, 0.2) is 11.0 Å². The van der Waals surface area contributed by atoms with Crippen molar-refractivity contribution in [2.75, 3.05) is 12.3 Å². The molecule has 2 aromatic heterocycles. The molecular weight excluding hydrogens is 382 g/mol. The number of rotatable bonds is 8. The van der Waals surface area contributed by atoms with Gasteiger partial charge < -0.3 is 9.88 Å². The zero-order valence-electron chi connectivity index (χ0n) is 16.5. The third-order valence-electron chi connectivity index (χ3n) is 5.62. The van der Waals surface area contributed by atoms with E-state index in [1.807, 2.05) is 22.8 Å². The van der Waals surface area contributed by atoms with Crippen LogP contribution in [0.3, 0.4) is 0 Å². The van der Waals surface area contributed by atoms with E-state index in [1.54, 1.807) is 12.4 Å². The van der Waals surface area contributed by atoms with E-state index in [2.05, 4.69) is 51.7 Å². The minimum atomic E-state index is 0.0355. The molecule has 3 aromatic rings. The van der Waals surface area contributed by atoms with Crippen molar-refractivity contribution in [1.29, 1.82) is 0 Å². The monoisotopic (exact) mass is 407 g/mol. The maximum absolute atomic E-state index is 12.5. The van der Waals surface area contributed by atoms with Crippen molar-refractivity contribution in [3.05, 3.63) is 60.4 Å². The Morgan fingerprint density at radius 1 is 1.14 bits per heavy atom. The van der Waals surface area contributed by atoms with Gasteiger partial charge in [0.2, 0.25) is 5.91 Å². The number of hydrogen-bond acceptors (Lipinski definition) is 5. The Morgan fingerprint density at radius 2 is 1.90 bits per heavy atom. The van der Waals surface area contributed by atoms with Gasteiger partial charge in [0.05, 0.1) is 5.75 Å². The molecule has 0 atom stereocenters. The lowest BCUT2D eigenvalue weighted by molar-refractivity contribution is -0.119. The van der Waals surface area contributed by atoms with E-state index in [-0.39, 0.29) is 11.3 Å². The number of nitrogens with one attached hydrogen (secondary N) is 1. The van der Waals surface area contributed by atoms with E-state index in [0.29, 0.717) is 12.3 Å². The fourth-order valence-electron chi connectivity index (χ4n) is 3.81. The molecule has 150 valence electrons. The summed E-state index contributed by atoms with van der Waals surface area (Å²) >= 11 is 1.43. The maximum Gasteiger partial charge on any atom is 0.230 e. The molecule has 1 aliphatic carbocycles. The summed E-state index contributed by atoms with van der Waals surface area (Å²) in [5.41, 5.74) is 2.40. The minimum absolute atomic E-state index is 0.0355. The molecule has 1 aromatic carbocycles. The van der Waals surface area contributed by atoms with Gasteiger partial charge in [-0.3, -0.25) is 9.78 Å². The molecule has 0 saturated heterocycles. The fourth-order valence-corrected chi connectivity index (χ4v) is 4.64. The topological polar surface area (TPSA) is 72.7 Å². The second-order valence-electron chi connectivity index (χ2n) is 7.35. The van der Waals surface area contributed by atoms with Crippen LogP contribution in [-0.2, 0) is 16.8 Å². The maximum atomic E-state index is 12.5. The smallest absolute Gasteiger partial charge is 0.230 e. The van der Waals surface area contributed by atoms with Crippen LogP contribution < -0.4 is 5.32 Å². The lowest BCUT2D eigenvalue weighted by Gasteiger charge is -2.42. The summed E-state index contributed by atoms with van der Waals surface area (Å²) in [6.45, 7) is 3.49. The van der Waals surface area contributed by atoms with Crippen molar-refractivity contribution < 1.29 is 4.79 Å². The van der Waals surface area contributed by atoms with Crippen LogP contribution in [-0.4, -0.2) is 38.0 Å². The molecule has 1 saturated carbocycles.